The van der Waals surface area contributed by atoms with Gasteiger partial charge in [-0.15, -0.1) is 10.5 Å². The zero-order chi connectivity index (χ0) is 12.0. The Morgan fingerprint density at radius 1 is 1.62 bits per heavy atom. The summed E-state index contributed by atoms with van der Waals surface area (Å²) >= 11 is 10.7. The Balaban J connectivity index is 2.66. The number of benzene rings is 1. The minimum Gasteiger partial charge on any atom is -0.359 e. The molecule has 0 saturated carbocycles. The van der Waals surface area contributed by atoms with Gasteiger partial charge in [0.2, 0.25) is 11.3 Å². The monoisotopic (exact) mass is 260 g/mol. The van der Waals surface area contributed by atoms with Crippen LogP contribution in [0.2, 0.25) is 5.02 Å². The molecule has 0 aliphatic carbocycles. The van der Waals surface area contributed by atoms with Crippen molar-refractivity contribution >= 4 is 35.1 Å². The van der Waals surface area contributed by atoms with Crippen LogP contribution in [0.4, 0.5) is 4.39 Å². The molecular formula is C10H12ClFN3S+. The molecule has 3 nitrogen and oxygen atoms in total. The third-order valence-corrected chi connectivity index (χ3v) is 2.32. The number of hydrazone groups is 1. The minimum atomic E-state index is -0.392. The summed E-state index contributed by atoms with van der Waals surface area (Å²) in [5, 5.41) is 6.31. The van der Waals surface area contributed by atoms with E-state index >= 15 is 0 Å². The molecule has 0 radical (unpaired) electrons. The van der Waals surface area contributed by atoms with Crippen molar-refractivity contribution in [2.24, 2.45) is 0 Å². The van der Waals surface area contributed by atoms with E-state index in [9.17, 15) is 4.39 Å². The molecule has 0 aromatic heterocycles. The van der Waals surface area contributed by atoms with Crippen molar-refractivity contribution in [1.82, 2.24) is 10.7 Å². The lowest BCUT2D eigenvalue weighted by molar-refractivity contribution is -0.500. The predicted octanol–water partition coefficient (Wildman–Crippen LogP) is 0.378. The fourth-order valence-corrected chi connectivity index (χ4v) is 1.45. The van der Waals surface area contributed by atoms with Gasteiger partial charge in [0, 0.05) is 6.54 Å². The van der Waals surface area contributed by atoms with Crippen LogP contribution in [0.3, 0.4) is 0 Å². The van der Waals surface area contributed by atoms with Crippen molar-refractivity contribution in [3.8, 4) is 0 Å². The van der Waals surface area contributed by atoms with E-state index in [1.54, 1.807) is 12.1 Å². The molecule has 1 aromatic rings. The van der Waals surface area contributed by atoms with Crippen molar-refractivity contribution in [1.29, 1.82) is 0 Å². The van der Waals surface area contributed by atoms with Crippen LogP contribution in [0.25, 0.3) is 0 Å². The molecule has 1 rings (SSSR count). The highest BCUT2D eigenvalue weighted by molar-refractivity contribution is 7.80. The van der Waals surface area contributed by atoms with Crippen LogP contribution in [0.15, 0.2) is 18.2 Å². The van der Waals surface area contributed by atoms with Crippen LogP contribution in [-0.4, -0.2) is 17.9 Å². The number of rotatable bonds is 3. The first-order chi connectivity index (χ1) is 7.65. The Morgan fingerprint density at radius 3 is 3.00 bits per heavy atom. The van der Waals surface area contributed by atoms with Gasteiger partial charge in [-0.25, -0.2) is 4.39 Å². The molecule has 0 heterocycles. The van der Waals surface area contributed by atoms with Crippen molar-refractivity contribution in [2.75, 3.05) is 6.54 Å². The van der Waals surface area contributed by atoms with Gasteiger partial charge in [0.15, 0.2) is 0 Å². The zero-order valence-corrected chi connectivity index (χ0v) is 10.3. The second kappa shape index (κ2) is 6.40. The van der Waals surface area contributed by atoms with E-state index in [2.05, 4.69) is 15.8 Å². The number of thiocarbonyl (C=S) groups is 1. The zero-order valence-electron chi connectivity index (χ0n) is 8.68. The summed E-state index contributed by atoms with van der Waals surface area (Å²) in [6.07, 6.45) is 1.42. The fraction of sp³-hybridized carbons (Fsp3) is 0.200. The molecule has 0 atom stereocenters. The molecule has 3 N–H and O–H groups in total. The Labute approximate surface area is 104 Å². The van der Waals surface area contributed by atoms with Crippen LogP contribution in [-0.2, 0) is 0 Å². The Bertz CT molecular complexity index is 389. The largest absolute Gasteiger partial charge is 0.359 e. The molecule has 0 bridgehead atoms. The average molecular weight is 261 g/mol. The van der Waals surface area contributed by atoms with Crippen LogP contribution >= 0.6 is 23.8 Å². The summed E-state index contributed by atoms with van der Waals surface area (Å²) in [6.45, 7) is 2.64. The summed E-state index contributed by atoms with van der Waals surface area (Å²) in [4.78, 5) is 0. The van der Waals surface area contributed by atoms with E-state index in [0.29, 0.717) is 16.7 Å². The lowest BCUT2D eigenvalue weighted by Gasteiger charge is -1.99. The standard InChI is InChI=1S/C10H11ClFN3S/c1-2-13-10(16)15-14-6-7-8(11)4-3-5-9(7)12/h3-6H,2H2,1H3,(H2,13,15,16)/p+1. The molecule has 1 aromatic carbocycles. The lowest BCUT2D eigenvalue weighted by atomic mass is 10.2. The molecule has 6 heteroatoms. The summed E-state index contributed by atoms with van der Waals surface area (Å²) in [7, 11) is 0. The molecule has 86 valence electrons. The van der Waals surface area contributed by atoms with Crippen LogP contribution in [0.5, 0.6) is 0 Å². The first-order valence-electron chi connectivity index (χ1n) is 4.71. The van der Waals surface area contributed by atoms with Crippen molar-refractivity contribution in [2.45, 2.75) is 6.92 Å². The molecule has 0 fully saturated rings. The average Bonchev–Trinajstić information content (AvgIpc) is 2.23. The number of nitrogens with one attached hydrogen (secondary N) is 3. The van der Waals surface area contributed by atoms with E-state index in [1.165, 1.54) is 12.3 Å². The molecule has 0 spiro atoms. The van der Waals surface area contributed by atoms with Crippen LogP contribution in [0, 0.1) is 5.82 Å². The molecule has 0 amide bonds. The van der Waals surface area contributed by atoms with E-state index in [4.69, 9.17) is 23.8 Å². The Hall–Kier alpha value is -1.20. The van der Waals surface area contributed by atoms with Crippen LogP contribution < -0.4 is 15.8 Å². The van der Waals surface area contributed by atoms with Gasteiger partial charge in [0.1, 0.15) is 5.82 Å². The van der Waals surface area contributed by atoms with Gasteiger partial charge in [-0.05, 0) is 31.3 Å². The van der Waals surface area contributed by atoms with Crippen molar-refractivity contribution < 1.29 is 9.49 Å². The smallest absolute Gasteiger partial charge is 0.223 e. The molecule has 0 aliphatic rings. The number of halogens is 2. The minimum absolute atomic E-state index is 0.288. The maximum absolute atomic E-state index is 13.3. The number of hydrogen-bond donors (Lipinski definition) is 3. The molecular weight excluding hydrogens is 249 g/mol. The second-order valence-electron chi connectivity index (χ2n) is 2.91. The Kier molecular flexibility index (Phi) is 5.14. The SMILES string of the molecule is CCNC(=S)N[NH+]=Cc1c(F)cccc1Cl. The second-order valence-corrected chi connectivity index (χ2v) is 3.72. The van der Waals surface area contributed by atoms with E-state index in [0.717, 1.165) is 0 Å². The summed E-state index contributed by atoms with van der Waals surface area (Å²) in [5.41, 5.74) is 2.96. The fourth-order valence-electron chi connectivity index (χ4n) is 1.03. The third-order valence-electron chi connectivity index (χ3n) is 1.74. The normalized spacial score (nSPS) is 10.4. The lowest BCUT2D eigenvalue weighted by Crippen LogP contribution is -2.82. The van der Waals surface area contributed by atoms with Gasteiger partial charge >= 0.3 is 0 Å². The highest BCUT2D eigenvalue weighted by atomic mass is 35.5. The van der Waals surface area contributed by atoms with Gasteiger partial charge in [-0.2, -0.15) is 0 Å². The first kappa shape index (κ1) is 12.9. The quantitative estimate of drug-likeness (QED) is 0.418. The first-order valence-corrected chi connectivity index (χ1v) is 5.50. The molecule has 0 unspecified atom stereocenters. The molecule has 0 aliphatic heterocycles. The highest BCUT2D eigenvalue weighted by Crippen LogP contribution is 2.15. The van der Waals surface area contributed by atoms with Gasteiger partial charge in [-0.3, -0.25) is 0 Å². The molecule has 0 saturated heterocycles. The van der Waals surface area contributed by atoms with Gasteiger partial charge in [-0.1, -0.05) is 17.7 Å². The van der Waals surface area contributed by atoms with Gasteiger partial charge in [0.05, 0.1) is 10.6 Å². The topological polar surface area (TPSA) is 38.0 Å². The van der Waals surface area contributed by atoms with E-state index in [1.807, 2.05) is 6.92 Å². The van der Waals surface area contributed by atoms with Crippen LogP contribution in [0.1, 0.15) is 12.5 Å². The number of hydrogen-bond acceptors (Lipinski definition) is 1. The highest BCUT2D eigenvalue weighted by Gasteiger charge is 2.06. The maximum Gasteiger partial charge on any atom is 0.223 e. The third kappa shape index (κ3) is 3.75. The van der Waals surface area contributed by atoms with Gasteiger partial charge < -0.3 is 5.32 Å². The van der Waals surface area contributed by atoms with E-state index < -0.39 is 5.82 Å². The summed E-state index contributed by atoms with van der Waals surface area (Å²) in [6, 6.07) is 4.49. The summed E-state index contributed by atoms with van der Waals surface area (Å²) < 4.78 is 13.3. The Morgan fingerprint density at radius 2 is 2.38 bits per heavy atom. The summed E-state index contributed by atoms with van der Waals surface area (Å²) in [5.74, 6) is -0.392. The van der Waals surface area contributed by atoms with Crippen molar-refractivity contribution in [3.05, 3.63) is 34.6 Å². The van der Waals surface area contributed by atoms with Gasteiger partial charge in [0.25, 0.3) is 0 Å². The van der Waals surface area contributed by atoms with E-state index in [-0.39, 0.29) is 5.56 Å². The predicted molar refractivity (Wildman–Crippen MR) is 66.9 cm³/mol. The van der Waals surface area contributed by atoms with Crippen molar-refractivity contribution in [3.63, 3.8) is 0 Å². The number of hydrazine groups is 1. The maximum atomic E-state index is 13.3. The molecule has 16 heavy (non-hydrogen) atoms.